The van der Waals surface area contributed by atoms with E-state index in [1.54, 1.807) is 17.0 Å². The first kappa shape index (κ1) is 27.5. The van der Waals surface area contributed by atoms with Crippen molar-refractivity contribution in [3.63, 3.8) is 0 Å². The van der Waals surface area contributed by atoms with Gasteiger partial charge in [0.2, 0.25) is 0 Å². The van der Waals surface area contributed by atoms with Crippen molar-refractivity contribution >= 4 is 17.3 Å². The predicted molar refractivity (Wildman–Crippen MR) is 148 cm³/mol. The number of amides is 1. The number of carbonyl (C=O) groups is 1. The minimum Gasteiger partial charge on any atom is -0.385 e. The van der Waals surface area contributed by atoms with Crippen LogP contribution < -0.4 is 10.6 Å². The van der Waals surface area contributed by atoms with E-state index in [0.29, 0.717) is 17.9 Å². The van der Waals surface area contributed by atoms with Crippen molar-refractivity contribution in [2.45, 2.75) is 65.5 Å². The molecule has 0 radical (unpaired) electrons. The predicted octanol–water partition coefficient (Wildman–Crippen LogP) is 6.61. The van der Waals surface area contributed by atoms with Gasteiger partial charge in [-0.3, -0.25) is 9.69 Å². The number of rotatable bonds is 9. The maximum atomic E-state index is 13.2. The van der Waals surface area contributed by atoms with E-state index >= 15 is 0 Å². The number of nitrogens with zero attached hydrogens (tertiary/aromatic N) is 2. The molecule has 1 unspecified atom stereocenters. The molecule has 2 aliphatic heterocycles. The minimum absolute atomic E-state index is 0.125. The van der Waals surface area contributed by atoms with Gasteiger partial charge < -0.3 is 15.5 Å². The van der Waals surface area contributed by atoms with E-state index in [0.717, 1.165) is 48.1 Å². The van der Waals surface area contributed by atoms with Gasteiger partial charge in [-0.25, -0.2) is 4.39 Å². The molecule has 0 aromatic heterocycles. The molecule has 6 heteroatoms. The average Bonchev–Trinajstić information content (AvgIpc) is 2.91. The summed E-state index contributed by atoms with van der Waals surface area (Å²) in [5.41, 5.74) is 3.95. The Kier molecular flexibility index (Phi) is 10.1. The normalized spacial score (nSPS) is 17.6. The second-order valence-electron chi connectivity index (χ2n) is 9.20. The first-order chi connectivity index (χ1) is 17.5. The fourth-order valence-electron chi connectivity index (χ4n) is 4.89. The Balaban J connectivity index is 0.00000176. The lowest BCUT2D eigenvalue weighted by molar-refractivity contribution is 0.0792. The van der Waals surface area contributed by atoms with Crippen molar-refractivity contribution in [1.82, 2.24) is 15.1 Å². The maximum Gasteiger partial charge on any atom is 0.261 e. The summed E-state index contributed by atoms with van der Waals surface area (Å²) in [6.07, 6.45) is 6.30. The molecule has 5 nitrogen and oxygen atoms in total. The van der Waals surface area contributed by atoms with Crippen LogP contribution in [0.4, 0.5) is 10.1 Å². The van der Waals surface area contributed by atoms with Crippen molar-refractivity contribution in [2.75, 3.05) is 25.0 Å². The van der Waals surface area contributed by atoms with E-state index in [-0.39, 0.29) is 11.7 Å². The number of hydrogen-bond acceptors (Lipinski definition) is 4. The molecular weight excluding hydrogens is 451 g/mol. The molecule has 2 aromatic carbocycles. The number of anilines is 1. The van der Waals surface area contributed by atoms with Crippen molar-refractivity contribution < 1.29 is 9.18 Å². The molecule has 0 spiro atoms. The van der Waals surface area contributed by atoms with Gasteiger partial charge in [0.05, 0.1) is 17.8 Å². The van der Waals surface area contributed by atoms with Crippen molar-refractivity contribution in [2.24, 2.45) is 0 Å². The third-order valence-corrected chi connectivity index (χ3v) is 6.88. The van der Waals surface area contributed by atoms with E-state index in [2.05, 4.69) is 35.6 Å². The fraction of sp³-hybridized carbons (Fsp3) is 0.433. The van der Waals surface area contributed by atoms with E-state index < -0.39 is 0 Å². The Bertz CT molecular complexity index is 1050. The molecule has 2 N–H and O–H groups in total. The van der Waals surface area contributed by atoms with Gasteiger partial charge in [-0.05, 0) is 67.6 Å². The molecule has 4 rings (SSSR count). The Morgan fingerprint density at radius 1 is 1.17 bits per heavy atom. The van der Waals surface area contributed by atoms with Gasteiger partial charge in [0.25, 0.3) is 5.91 Å². The highest BCUT2D eigenvalue weighted by Gasteiger charge is 2.27. The van der Waals surface area contributed by atoms with Crippen LogP contribution in [-0.4, -0.2) is 41.4 Å². The number of nitrogens with one attached hydrogen (secondary N) is 2. The van der Waals surface area contributed by atoms with Gasteiger partial charge in [-0.15, -0.1) is 0 Å². The van der Waals surface area contributed by atoms with Crippen molar-refractivity contribution in [3.05, 3.63) is 84.0 Å². The standard InChI is InChI=1S/C28H35FN4O.C2H6/c1-4-25-8-5-6-16-32(25)17-7-15-30-20(2)23-11-14-26-27(18-23)31-21(3)33(28(26)34)19-22-9-12-24(29)13-10-22;1-2/h9-14,18,25,30-31H,2-8,15-17,19H2,1H3;1-2H3. The van der Waals surface area contributed by atoms with Crippen LogP contribution in [0, 0.1) is 5.82 Å². The summed E-state index contributed by atoms with van der Waals surface area (Å²) in [6, 6.07) is 12.6. The van der Waals surface area contributed by atoms with Crippen molar-refractivity contribution in [3.8, 4) is 0 Å². The molecule has 1 fully saturated rings. The zero-order chi connectivity index (χ0) is 26.1. The molecule has 0 bridgehead atoms. The molecular formula is C30H41FN4O. The van der Waals surface area contributed by atoms with Gasteiger partial charge in [-0.2, -0.15) is 0 Å². The van der Waals surface area contributed by atoms with E-state index in [1.807, 2.05) is 32.0 Å². The first-order valence-corrected chi connectivity index (χ1v) is 13.3. The summed E-state index contributed by atoms with van der Waals surface area (Å²) < 4.78 is 13.2. The molecule has 36 heavy (non-hydrogen) atoms. The first-order valence-electron chi connectivity index (χ1n) is 13.3. The number of piperidine rings is 1. The van der Waals surface area contributed by atoms with E-state index in [9.17, 15) is 9.18 Å². The summed E-state index contributed by atoms with van der Waals surface area (Å²) in [7, 11) is 0. The highest BCUT2D eigenvalue weighted by Crippen LogP contribution is 2.30. The SMILES string of the molecule is C=C(NCCCN1CCCCC1CC)c1ccc2c(c1)NC(=C)N(Cc1ccc(F)cc1)C2=O.CC. The van der Waals surface area contributed by atoms with Crippen LogP contribution in [0.1, 0.15) is 74.4 Å². The van der Waals surface area contributed by atoms with Gasteiger partial charge >= 0.3 is 0 Å². The Morgan fingerprint density at radius 2 is 1.92 bits per heavy atom. The Labute approximate surface area is 216 Å². The smallest absolute Gasteiger partial charge is 0.261 e. The lowest BCUT2D eigenvalue weighted by Gasteiger charge is -2.35. The topological polar surface area (TPSA) is 47.6 Å². The number of likely N-dealkylation sites (tertiary alicyclic amines) is 1. The second-order valence-corrected chi connectivity index (χ2v) is 9.20. The van der Waals surface area contributed by atoms with Crippen molar-refractivity contribution in [1.29, 1.82) is 0 Å². The van der Waals surface area contributed by atoms with Crippen LogP contribution in [0.2, 0.25) is 0 Å². The third kappa shape index (κ3) is 6.76. The monoisotopic (exact) mass is 492 g/mol. The zero-order valence-corrected chi connectivity index (χ0v) is 22.1. The molecule has 2 heterocycles. The minimum atomic E-state index is -0.297. The van der Waals surface area contributed by atoms with Crippen LogP contribution in [-0.2, 0) is 6.54 Å². The van der Waals surface area contributed by atoms with Crippen LogP contribution in [0.25, 0.3) is 5.70 Å². The van der Waals surface area contributed by atoms with Crippen LogP contribution in [0.3, 0.4) is 0 Å². The van der Waals surface area contributed by atoms with Gasteiger partial charge in [0.15, 0.2) is 0 Å². The van der Waals surface area contributed by atoms with E-state index in [1.165, 1.54) is 44.4 Å². The summed E-state index contributed by atoms with van der Waals surface area (Å²) in [6.45, 7) is 18.0. The molecule has 0 saturated carbocycles. The average molecular weight is 493 g/mol. The maximum absolute atomic E-state index is 13.2. The lowest BCUT2D eigenvalue weighted by atomic mass is 10.00. The van der Waals surface area contributed by atoms with Crippen LogP contribution >= 0.6 is 0 Å². The molecule has 0 aliphatic carbocycles. The quantitative estimate of drug-likeness (QED) is 0.387. The van der Waals surface area contributed by atoms with Gasteiger partial charge in [0, 0.05) is 24.8 Å². The Morgan fingerprint density at radius 3 is 2.64 bits per heavy atom. The number of fused-ring (bicyclic) bond motifs is 1. The molecule has 1 amide bonds. The number of carbonyl (C=O) groups excluding carboxylic acids is 1. The molecule has 1 atom stereocenters. The van der Waals surface area contributed by atoms with Crippen LogP contribution in [0.5, 0.6) is 0 Å². The summed E-state index contributed by atoms with van der Waals surface area (Å²) in [4.78, 5) is 17.3. The zero-order valence-electron chi connectivity index (χ0n) is 22.1. The highest BCUT2D eigenvalue weighted by atomic mass is 19.1. The number of halogens is 1. The molecule has 2 aliphatic rings. The highest BCUT2D eigenvalue weighted by molar-refractivity contribution is 6.03. The van der Waals surface area contributed by atoms with Gasteiger partial charge in [-0.1, -0.05) is 58.5 Å². The number of hydrogen-bond donors (Lipinski definition) is 2. The fourth-order valence-corrected chi connectivity index (χ4v) is 4.89. The van der Waals surface area contributed by atoms with E-state index in [4.69, 9.17) is 0 Å². The molecule has 2 aromatic rings. The summed E-state index contributed by atoms with van der Waals surface area (Å²) in [5, 5.41) is 6.70. The second kappa shape index (κ2) is 13.3. The lowest BCUT2D eigenvalue weighted by Crippen LogP contribution is -2.40. The van der Waals surface area contributed by atoms with Crippen LogP contribution in [0.15, 0.2) is 61.4 Å². The molecule has 1 saturated heterocycles. The summed E-state index contributed by atoms with van der Waals surface area (Å²) in [5.74, 6) is 0.0822. The largest absolute Gasteiger partial charge is 0.385 e. The molecule has 194 valence electrons. The summed E-state index contributed by atoms with van der Waals surface area (Å²) >= 11 is 0. The third-order valence-electron chi connectivity index (χ3n) is 6.88. The number of benzene rings is 2. The van der Waals surface area contributed by atoms with Gasteiger partial charge in [0.1, 0.15) is 11.6 Å². The Hall–Kier alpha value is -3.12.